The minimum absolute atomic E-state index is 0.991. The van der Waals surface area contributed by atoms with Crippen LogP contribution in [0.5, 0.6) is 0 Å². The highest BCUT2D eigenvalue weighted by molar-refractivity contribution is 5.60. The van der Waals surface area contributed by atoms with Crippen LogP contribution in [0.15, 0.2) is 12.1 Å². The van der Waals surface area contributed by atoms with Gasteiger partial charge in [-0.3, -0.25) is 5.32 Å². The van der Waals surface area contributed by atoms with Crippen LogP contribution < -0.4 is 10.2 Å². The van der Waals surface area contributed by atoms with Crippen molar-refractivity contribution in [1.29, 1.82) is 0 Å². The van der Waals surface area contributed by atoms with Gasteiger partial charge in [-0.05, 0) is 31.9 Å². The molecule has 0 amide bonds. The van der Waals surface area contributed by atoms with Crippen LogP contribution in [0.3, 0.4) is 0 Å². The molecule has 1 aromatic carbocycles. The van der Waals surface area contributed by atoms with E-state index in [2.05, 4.69) is 43.1 Å². The van der Waals surface area contributed by atoms with Gasteiger partial charge in [0, 0.05) is 18.8 Å². The van der Waals surface area contributed by atoms with Gasteiger partial charge in [0.2, 0.25) is 0 Å². The Kier molecular flexibility index (Phi) is 13.8. The third-order valence-corrected chi connectivity index (χ3v) is 2.81. The van der Waals surface area contributed by atoms with Gasteiger partial charge >= 0.3 is 0 Å². The standard InChI is InChI=1S/C12H18N2.3C2H6/c1-9-6-10(2)12(11(3)7-9)14-5-4-13-8-14;3*1-2/h6-7,13H,4-5,8H2,1-3H3;3*1-2H3. The van der Waals surface area contributed by atoms with Crippen LogP contribution in [-0.2, 0) is 0 Å². The molecule has 20 heavy (non-hydrogen) atoms. The Bertz CT molecular complexity index is 316. The van der Waals surface area contributed by atoms with Crippen molar-refractivity contribution < 1.29 is 0 Å². The molecule has 1 aliphatic heterocycles. The quantitative estimate of drug-likeness (QED) is 0.773. The summed E-state index contributed by atoms with van der Waals surface area (Å²) in [5, 5.41) is 3.37. The van der Waals surface area contributed by atoms with E-state index in [0.29, 0.717) is 0 Å². The molecule has 1 aliphatic rings. The normalized spacial score (nSPS) is 12.3. The van der Waals surface area contributed by atoms with Gasteiger partial charge in [0.15, 0.2) is 0 Å². The summed E-state index contributed by atoms with van der Waals surface area (Å²) in [5.74, 6) is 0. The SMILES string of the molecule is CC.CC.CC.Cc1cc(C)c(N2CCNC2)c(C)c1. The minimum Gasteiger partial charge on any atom is -0.357 e. The molecule has 1 N–H and O–H groups in total. The van der Waals surface area contributed by atoms with Crippen molar-refractivity contribution in [1.82, 2.24) is 5.32 Å². The van der Waals surface area contributed by atoms with Crippen LogP contribution in [0.4, 0.5) is 5.69 Å². The molecule has 0 aliphatic carbocycles. The summed E-state index contributed by atoms with van der Waals surface area (Å²) in [5.41, 5.74) is 5.56. The Morgan fingerprint density at radius 3 is 1.65 bits per heavy atom. The third kappa shape index (κ3) is 6.42. The summed E-state index contributed by atoms with van der Waals surface area (Å²) >= 11 is 0. The van der Waals surface area contributed by atoms with E-state index in [1.807, 2.05) is 41.5 Å². The summed E-state index contributed by atoms with van der Waals surface area (Å²) in [6, 6.07) is 4.53. The van der Waals surface area contributed by atoms with Crippen LogP contribution in [-0.4, -0.2) is 19.8 Å². The van der Waals surface area contributed by atoms with Gasteiger partial charge in [-0.25, -0.2) is 0 Å². The third-order valence-electron chi connectivity index (χ3n) is 2.81. The molecule has 1 heterocycles. The highest BCUT2D eigenvalue weighted by Crippen LogP contribution is 2.26. The van der Waals surface area contributed by atoms with Crippen LogP contribution in [0.1, 0.15) is 58.2 Å². The van der Waals surface area contributed by atoms with Gasteiger partial charge in [-0.15, -0.1) is 0 Å². The average molecular weight is 280 g/mol. The van der Waals surface area contributed by atoms with Gasteiger partial charge in [0.25, 0.3) is 0 Å². The zero-order valence-corrected chi connectivity index (χ0v) is 15.2. The Balaban J connectivity index is 0. The fourth-order valence-corrected chi connectivity index (χ4v) is 2.37. The zero-order chi connectivity index (χ0) is 16.1. The maximum atomic E-state index is 3.37. The minimum atomic E-state index is 0.991. The molecular formula is C18H36N2. The number of hydrogen-bond donors (Lipinski definition) is 1. The first kappa shape index (κ1) is 21.3. The van der Waals surface area contributed by atoms with E-state index in [0.717, 1.165) is 19.8 Å². The van der Waals surface area contributed by atoms with Crippen molar-refractivity contribution in [3.8, 4) is 0 Å². The summed E-state index contributed by atoms with van der Waals surface area (Å²) < 4.78 is 0. The fourth-order valence-electron chi connectivity index (χ4n) is 2.37. The van der Waals surface area contributed by atoms with Crippen LogP contribution in [0.25, 0.3) is 0 Å². The molecule has 2 nitrogen and oxygen atoms in total. The van der Waals surface area contributed by atoms with Crippen LogP contribution in [0.2, 0.25) is 0 Å². The summed E-state index contributed by atoms with van der Waals surface area (Å²) in [6.45, 7) is 21.8. The zero-order valence-electron chi connectivity index (χ0n) is 15.2. The molecule has 0 radical (unpaired) electrons. The second-order valence-electron chi connectivity index (χ2n) is 4.17. The lowest BCUT2D eigenvalue weighted by Gasteiger charge is -2.22. The molecular weight excluding hydrogens is 244 g/mol. The molecule has 0 aromatic heterocycles. The highest BCUT2D eigenvalue weighted by Gasteiger charge is 2.15. The summed E-state index contributed by atoms with van der Waals surface area (Å²) in [4.78, 5) is 2.42. The lowest BCUT2D eigenvalue weighted by molar-refractivity contribution is 0.852. The number of nitrogens with zero attached hydrogens (tertiary/aromatic N) is 1. The highest BCUT2D eigenvalue weighted by atomic mass is 15.3. The predicted molar refractivity (Wildman–Crippen MR) is 94.9 cm³/mol. The molecule has 0 unspecified atom stereocenters. The molecule has 2 heteroatoms. The predicted octanol–water partition coefficient (Wildman–Crippen LogP) is 5.06. The van der Waals surface area contributed by atoms with Crippen LogP contribution in [0, 0.1) is 20.8 Å². The molecule has 0 bridgehead atoms. The molecule has 118 valence electrons. The number of nitrogens with one attached hydrogen (secondary N) is 1. The Hall–Kier alpha value is -1.02. The lowest BCUT2D eigenvalue weighted by atomic mass is 10.0. The van der Waals surface area contributed by atoms with E-state index < -0.39 is 0 Å². The first-order valence-corrected chi connectivity index (χ1v) is 8.22. The maximum Gasteiger partial charge on any atom is 0.0683 e. The molecule has 2 rings (SSSR count). The van der Waals surface area contributed by atoms with E-state index >= 15 is 0 Å². The largest absolute Gasteiger partial charge is 0.357 e. The topological polar surface area (TPSA) is 15.3 Å². The first-order valence-electron chi connectivity index (χ1n) is 8.22. The van der Waals surface area contributed by atoms with Crippen molar-refractivity contribution in [3.63, 3.8) is 0 Å². The van der Waals surface area contributed by atoms with Gasteiger partial charge in [-0.2, -0.15) is 0 Å². The maximum absolute atomic E-state index is 3.37. The van der Waals surface area contributed by atoms with Gasteiger partial charge in [0.1, 0.15) is 0 Å². The number of anilines is 1. The molecule has 0 spiro atoms. The van der Waals surface area contributed by atoms with Crippen LogP contribution >= 0.6 is 0 Å². The molecule has 1 saturated heterocycles. The van der Waals surface area contributed by atoms with Gasteiger partial charge in [-0.1, -0.05) is 59.2 Å². The number of rotatable bonds is 1. The number of hydrogen-bond acceptors (Lipinski definition) is 2. The van der Waals surface area contributed by atoms with E-state index in [1.165, 1.54) is 22.4 Å². The van der Waals surface area contributed by atoms with Gasteiger partial charge < -0.3 is 4.90 Å². The Labute approximate surface area is 127 Å². The van der Waals surface area contributed by atoms with E-state index in [1.54, 1.807) is 0 Å². The molecule has 1 fully saturated rings. The Morgan fingerprint density at radius 1 is 0.850 bits per heavy atom. The van der Waals surface area contributed by atoms with Crippen molar-refractivity contribution in [3.05, 3.63) is 28.8 Å². The summed E-state index contributed by atoms with van der Waals surface area (Å²) in [6.07, 6.45) is 0. The Morgan fingerprint density at radius 2 is 1.30 bits per heavy atom. The first-order chi connectivity index (χ1) is 9.68. The monoisotopic (exact) mass is 280 g/mol. The summed E-state index contributed by atoms with van der Waals surface area (Å²) in [7, 11) is 0. The lowest BCUT2D eigenvalue weighted by Crippen LogP contribution is -2.22. The van der Waals surface area contributed by atoms with Crippen molar-refractivity contribution in [2.75, 3.05) is 24.7 Å². The molecule has 1 aromatic rings. The molecule has 0 saturated carbocycles. The van der Waals surface area contributed by atoms with Crippen molar-refractivity contribution in [2.24, 2.45) is 0 Å². The average Bonchev–Trinajstić information content (AvgIpc) is 2.98. The van der Waals surface area contributed by atoms with Crippen molar-refractivity contribution in [2.45, 2.75) is 62.3 Å². The molecule has 0 atom stereocenters. The van der Waals surface area contributed by atoms with E-state index in [9.17, 15) is 0 Å². The smallest absolute Gasteiger partial charge is 0.0683 e. The van der Waals surface area contributed by atoms with Gasteiger partial charge in [0.05, 0.1) is 6.67 Å². The van der Waals surface area contributed by atoms with E-state index in [4.69, 9.17) is 0 Å². The van der Waals surface area contributed by atoms with E-state index in [-0.39, 0.29) is 0 Å². The van der Waals surface area contributed by atoms with Crippen molar-refractivity contribution >= 4 is 5.69 Å². The number of benzene rings is 1. The second kappa shape index (κ2) is 13.0. The number of aryl methyl sites for hydroxylation is 3. The fraction of sp³-hybridized carbons (Fsp3) is 0.667. The second-order valence-corrected chi connectivity index (χ2v) is 4.17.